The molecule has 0 aromatic rings. The van der Waals surface area contributed by atoms with E-state index in [2.05, 4.69) is 0 Å². The van der Waals surface area contributed by atoms with Gasteiger partial charge in [0.25, 0.3) is 0 Å². The Labute approximate surface area is 102 Å². The Kier molecular flexibility index (Phi) is 7.72. The lowest BCUT2D eigenvalue weighted by atomic mass is 10.4. The molecular weight excluding hydrogens is 222 g/mol. The second-order valence-corrected chi connectivity index (χ2v) is 3.70. The van der Waals surface area contributed by atoms with Crippen LogP contribution >= 0.6 is 0 Å². The molecule has 0 radical (unpaired) electrons. The molecule has 0 aliphatic carbocycles. The Bertz CT molecular complexity index is 299. The van der Waals surface area contributed by atoms with Gasteiger partial charge in [-0.05, 0) is 14.0 Å². The maximum Gasteiger partial charge on any atom is 0.320 e. The molecule has 1 amide bonds. The van der Waals surface area contributed by atoms with E-state index in [9.17, 15) is 9.59 Å². The van der Waals surface area contributed by atoms with Crippen LogP contribution in [0, 0.1) is 11.3 Å². The van der Waals surface area contributed by atoms with Crippen molar-refractivity contribution >= 4 is 11.9 Å². The summed E-state index contributed by atoms with van der Waals surface area (Å²) < 4.78 is 4.77. The minimum Gasteiger partial charge on any atom is -0.465 e. The van der Waals surface area contributed by atoms with E-state index in [-0.39, 0.29) is 25.0 Å². The monoisotopic (exact) mass is 241 g/mol. The van der Waals surface area contributed by atoms with Crippen LogP contribution in [-0.2, 0) is 14.3 Å². The molecule has 0 aromatic carbocycles. The van der Waals surface area contributed by atoms with Gasteiger partial charge < -0.3 is 9.64 Å². The number of rotatable bonds is 7. The molecule has 96 valence electrons. The number of carbonyl (C=O) groups excluding carboxylic acids is 2. The average Bonchev–Trinajstić information content (AvgIpc) is 2.25. The third-order valence-electron chi connectivity index (χ3n) is 2.09. The molecule has 0 saturated carbocycles. The SMILES string of the molecule is CCOC(=O)CN(C)CC(=O)N(C)CCC#N. The molecule has 0 atom stereocenters. The Morgan fingerprint density at radius 3 is 2.47 bits per heavy atom. The molecule has 0 spiro atoms. The molecule has 0 aliphatic heterocycles. The van der Waals surface area contributed by atoms with Gasteiger partial charge in [-0.25, -0.2) is 0 Å². The minimum absolute atomic E-state index is 0.0890. The van der Waals surface area contributed by atoms with Gasteiger partial charge in [-0.15, -0.1) is 0 Å². The number of esters is 1. The first-order valence-electron chi connectivity index (χ1n) is 5.46. The van der Waals surface area contributed by atoms with Crippen LogP contribution in [0.1, 0.15) is 13.3 Å². The average molecular weight is 241 g/mol. The third-order valence-corrected chi connectivity index (χ3v) is 2.09. The molecule has 6 nitrogen and oxygen atoms in total. The highest BCUT2D eigenvalue weighted by Crippen LogP contribution is 1.92. The van der Waals surface area contributed by atoms with Crippen LogP contribution in [0.2, 0.25) is 0 Å². The van der Waals surface area contributed by atoms with Crippen molar-refractivity contribution in [3.05, 3.63) is 0 Å². The number of hydrogen-bond acceptors (Lipinski definition) is 5. The second-order valence-electron chi connectivity index (χ2n) is 3.70. The van der Waals surface area contributed by atoms with Crippen molar-refractivity contribution in [1.82, 2.24) is 9.80 Å². The van der Waals surface area contributed by atoms with E-state index < -0.39 is 0 Å². The highest BCUT2D eigenvalue weighted by molar-refractivity contribution is 5.79. The number of ether oxygens (including phenoxy) is 1. The van der Waals surface area contributed by atoms with Gasteiger partial charge in [0.1, 0.15) is 0 Å². The van der Waals surface area contributed by atoms with Gasteiger partial charge >= 0.3 is 5.97 Å². The number of likely N-dealkylation sites (N-methyl/N-ethyl adjacent to an activating group) is 2. The van der Waals surface area contributed by atoms with Crippen LogP contribution in [-0.4, -0.2) is 62.0 Å². The molecule has 0 fully saturated rings. The van der Waals surface area contributed by atoms with E-state index in [0.717, 1.165) is 0 Å². The molecule has 0 unspecified atom stereocenters. The van der Waals surface area contributed by atoms with Crippen molar-refractivity contribution in [2.45, 2.75) is 13.3 Å². The van der Waals surface area contributed by atoms with Gasteiger partial charge in [0, 0.05) is 13.6 Å². The summed E-state index contributed by atoms with van der Waals surface area (Å²) in [4.78, 5) is 25.8. The van der Waals surface area contributed by atoms with Crippen molar-refractivity contribution in [2.75, 3.05) is 40.3 Å². The summed E-state index contributed by atoms with van der Waals surface area (Å²) in [6.45, 7) is 2.70. The predicted molar refractivity (Wildman–Crippen MR) is 62.0 cm³/mol. The van der Waals surface area contributed by atoms with Crippen LogP contribution in [0.15, 0.2) is 0 Å². The van der Waals surface area contributed by atoms with E-state index >= 15 is 0 Å². The highest BCUT2D eigenvalue weighted by Gasteiger charge is 2.14. The van der Waals surface area contributed by atoms with Gasteiger partial charge in [0.05, 0.1) is 32.2 Å². The van der Waals surface area contributed by atoms with Crippen molar-refractivity contribution < 1.29 is 14.3 Å². The van der Waals surface area contributed by atoms with E-state index in [0.29, 0.717) is 19.6 Å². The summed E-state index contributed by atoms with van der Waals surface area (Å²) >= 11 is 0. The molecule has 0 aromatic heterocycles. The topological polar surface area (TPSA) is 73.6 Å². The van der Waals surface area contributed by atoms with Gasteiger partial charge in [-0.1, -0.05) is 0 Å². The molecule has 0 heterocycles. The lowest BCUT2D eigenvalue weighted by Crippen LogP contribution is -2.39. The second kappa shape index (κ2) is 8.53. The Morgan fingerprint density at radius 1 is 1.29 bits per heavy atom. The van der Waals surface area contributed by atoms with Crippen molar-refractivity contribution in [1.29, 1.82) is 5.26 Å². The normalized spacial score (nSPS) is 9.82. The molecule has 0 bridgehead atoms. The number of amides is 1. The predicted octanol–water partition coefficient (Wildman–Crippen LogP) is -0.147. The fourth-order valence-corrected chi connectivity index (χ4v) is 1.18. The summed E-state index contributed by atoms with van der Waals surface area (Å²) in [6.07, 6.45) is 0.309. The van der Waals surface area contributed by atoms with E-state index in [1.807, 2.05) is 6.07 Å². The van der Waals surface area contributed by atoms with Crippen molar-refractivity contribution in [2.24, 2.45) is 0 Å². The highest BCUT2D eigenvalue weighted by atomic mass is 16.5. The Morgan fingerprint density at radius 2 is 1.94 bits per heavy atom. The van der Waals surface area contributed by atoms with Crippen LogP contribution in [0.3, 0.4) is 0 Å². The zero-order valence-electron chi connectivity index (χ0n) is 10.6. The zero-order chi connectivity index (χ0) is 13.3. The van der Waals surface area contributed by atoms with Crippen LogP contribution in [0.5, 0.6) is 0 Å². The van der Waals surface area contributed by atoms with Gasteiger partial charge in [0.2, 0.25) is 5.91 Å². The minimum atomic E-state index is -0.345. The first-order chi connectivity index (χ1) is 8.01. The maximum atomic E-state index is 11.6. The molecule has 0 aliphatic rings. The van der Waals surface area contributed by atoms with Gasteiger partial charge in [-0.3, -0.25) is 14.5 Å². The molecule has 0 rings (SSSR count). The standard InChI is InChI=1S/C11H19N3O3/c1-4-17-11(16)9-13(2)8-10(15)14(3)7-5-6-12/h4-5,7-9H2,1-3H3. The summed E-state index contributed by atoms with van der Waals surface area (Å²) in [5.41, 5.74) is 0. The quantitative estimate of drug-likeness (QED) is 0.580. The first-order valence-corrected chi connectivity index (χ1v) is 5.46. The molecule has 17 heavy (non-hydrogen) atoms. The first kappa shape index (κ1) is 15.4. The molecule has 6 heteroatoms. The third kappa shape index (κ3) is 7.30. The van der Waals surface area contributed by atoms with Crippen LogP contribution in [0.4, 0.5) is 0 Å². The van der Waals surface area contributed by atoms with E-state index in [1.54, 1.807) is 25.9 Å². The Hall–Kier alpha value is -1.61. The van der Waals surface area contributed by atoms with Gasteiger partial charge in [0.15, 0.2) is 0 Å². The van der Waals surface area contributed by atoms with Gasteiger partial charge in [-0.2, -0.15) is 5.26 Å². The van der Waals surface area contributed by atoms with Crippen molar-refractivity contribution in [3.8, 4) is 6.07 Å². The zero-order valence-corrected chi connectivity index (χ0v) is 10.6. The number of nitriles is 1. The molecular formula is C11H19N3O3. The number of carbonyl (C=O) groups is 2. The van der Waals surface area contributed by atoms with Crippen LogP contribution in [0.25, 0.3) is 0 Å². The summed E-state index contributed by atoms with van der Waals surface area (Å²) in [7, 11) is 3.31. The summed E-state index contributed by atoms with van der Waals surface area (Å²) in [5, 5.41) is 8.40. The fourth-order valence-electron chi connectivity index (χ4n) is 1.18. The smallest absolute Gasteiger partial charge is 0.320 e. The maximum absolute atomic E-state index is 11.6. The lowest BCUT2D eigenvalue weighted by molar-refractivity contribution is -0.144. The van der Waals surface area contributed by atoms with Crippen LogP contribution < -0.4 is 0 Å². The van der Waals surface area contributed by atoms with E-state index in [1.165, 1.54) is 4.90 Å². The lowest BCUT2D eigenvalue weighted by Gasteiger charge is -2.20. The van der Waals surface area contributed by atoms with Crippen molar-refractivity contribution in [3.63, 3.8) is 0 Å². The summed E-state index contributed by atoms with van der Waals surface area (Å²) in [5.74, 6) is -0.463. The number of hydrogen-bond donors (Lipinski definition) is 0. The van der Waals surface area contributed by atoms with E-state index in [4.69, 9.17) is 10.00 Å². The molecule has 0 N–H and O–H groups in total. The Balaban J connectivity index is 3.94. The largest absolute Gasteiger partial charge is 0.465 e. The number of nitrogens with zero attached hydrogens (tertiary/aromatic N) is 3. The molecule has 0 saturated heterocycles. The summed E-state index contributed by atoms with van der Waals surface area (Å²) in [6, 6.07) is 1.97. The fraction of sp³-hybridized carbons (Fsp3) is 0.727.